The molecule has 114 valence electrons. The minimum atomic E-state index is -0.591. The second-order valence-electron chi connectivity index (χ2n) is 5.03. The number of thiocarbonyl (C=S) groups is 1. The maximum absolute atomic E-state index is 13.8. The van der Waals surface area contributed by atoms with Crippen LogP contribution in [-0.2, 0) is 0 Å². The number of nitrogens with two attached hydrogens (primary N) is 1. The summed E-state index contributed by atoms with van der Waals surface area (Å²) in [7, 11) is 0. The standard InChI is InChI=1S/C14H17ClFN3OS/c1-9(13(17)21)18-4-6-19(7-5-18)14(20)11-3-2-10(15)8-12(11)16/h2-3,8-9H,4-7H2,1H3,(H2,17,21). The van der Waals surface area contributed by atoms with Crippen molar-refractivity contribution in [1.29, 1.82) is 0 Å². The Morgan fingerprint density at radius 1 is 1.38 bits per heavy atom. The zero-order chi connectivity index (χ0) is 15.6. The number of benzene rings is 1. The van der Waals surface area contributed by atoms with Crippen LogP contribution in [0.4, 0.5) is 4.39 Å². The lowest BCUT2D eigenvalue weighted by Gasteiger charge is -2.37. The van der Waals surface area contributed by atoms with Gasteiger partial charge in [0.15, 0.2) is 0 Å². The molecule has 4 nitrogen and oxygen atoms in total. The van der Waals surface area contributed by atoms with Gasteiger partial charge in [-0.25, -0.2) is 4.39 Å². The summed E-state index contributed by atoms with van der Waals surface area (Å²) in [4.78, 5) is 16.5. The van der Waals surface area contributed by atoms with E-state index in [2.05, 4.69) is 4.90 Å². The normalized spacial score (nSPS) is 17.6. The first-order valence-electron chi connectivity index (χ1n) is 6.68. The maximum atomic E-state index is 13.8. The second kappa shape index (κ2) is 6.68. The highest BCUT2D eigenvalue weighted by Gasteiger charge is 2.26. The predicted octanol–water partition coefficient (Wildman–Crippen LogP) is 1.91. The van der Waals surface area contributed by atoms with Crippen molar-refractivity contribution in [1.82, 2.24) is 9.80 Å². The molecule has 1 heterocycles. The van der Waals surface area contributed by atoms with Crippen molar-refractivity contribution in [2.75, 3.05) is 26.2 Å². The second-order valence-corrected chi connectivity index (χ2v) is 5.94. The molecule has 1 fully saturated rings. The van der Waals surface area contributed by atoms with Crippen molar-refractivity contribution in [3.8, 4) is 0 Å². The number of amides is 1. The predicted molar refractivity (Wildman–Crippen MR) is 85.1 cm³/mol. The Hall–Kier alpha value is -1.24. The van der Waals surface area contributed by atoms with Crippen LogP contribution in [0, 0.1) is 5.82 Å². The van der Waals surface area contributed by atoms with Gasteiger partial charge in [-0.2, -0.15) is 0 Å². The van der Waals surface area contributed by atoms with E-state index in [9.17, 15) is 9.18 Å². The van der Waals surface area contributed by atoms with Crippen molar-refractivity contribution < 1.29 is 9.18 Å². The zero-order valence-corrected chi connectivity index (χ0v) is 13.3. The van der Waals surface area contributed by atoms with Gasteiger partial charge in [-0.15, -0.1) is 0 Å². The number of rotatable bonds is 3. The first-order chi connectivity index (χ1) is 9.90. The maximum Gasteiger partial charge on any atom is 0.256 e. The number of hydrogen-bond acceptors (Lipinski definition) is 3. The average Bonchev–Trinajstić information content (AvgIpc) is 2.46. The zero-order valence-electron chi connectivity index (χ0n) is 11.7. The lowest BCUT2D eigenvalue weighted by Crippen LogP contribution is -2.54. The summed E-state index contributed by atoms with van der Waals surface area (Å²) >= 11 is 10.7. The third kappa shape index (κ3) is 3.70. The van der Waals surface area contributed by atoms with Gasteiger partial charge in [0.2, 0.25) is 0 Å². The Kier molecular flexibility index (Phi) is 5.13. The number of hydrogen-bond donors (Lipinski definition) is 1. The largest absolute Gasteiger partial charge is 0.392 e. The molecule has 1 unspecified atom stereocenters. The summed E-state index contributed by atoms with van der Waals surface area (Å²) in [6.45, 7) is 4.32. The molecule has 0 aromatic heterocycles. The van der Waals surface area contributed by atoms with E-state index in [1.165, 1.54) is 12.1 Å². The quantitative estimate of drug-likeness (QED) is 0.861. The average molecular weight is 330 g/mol. The van der Waals surface area contributed by atoms with Gasteiger partial charge in [0.05, 0.1) is 16.6 Å². The number of halogens is 2. The summed E-state index contributed by atoms with van der Waals surface area (Å²) in [6.07, 6.45) is 0. The van der Waals surface area contributed by atoms with Gasteiger partial charge in [-0.3, -0.25) is 9.69 Å². The van der Waals surface area contributed by atoms with Crippen LogP contribution in [0.5, 0.6) is 0 Å². The van der Waals surface area contributed by atoms with Crippen LogP contribution < -0.4 is 5.73 Å². The molecule has 7 heteroatoms. The van der Waals surface area contributed by atoms with Crippen LogP contribution in [0.15, 0.2) is 18.2 Å². The van der Waals surface area contributed by atoms with E-state index in [1.54, 1.807) is 4.90 Å². The Bertz CT molecular complexity index is 561. The van der Waals surface area contributed by atoms with Gasteiger partial charge in [0.1, 0.15) is 5.82 Å². The molecule has 1 atom stereocenters. The fourth-order valence-corrected chi connectivity index (χ4v) is 2.63. The van der Waals surface area contributed by atoms with Gasteiger partial charge in [-0.05, 0) is 25.1 Å². The van der Waals surface area contributed by atoms with Crippen molar-refractivity contribution in [2.24, 2.45) is 5.73 Å². The molecule has 21 heavy (non-hydrogen) atoms. The number of carbonyl (C=O) groups excluding carboxylic acids is 1. The van der Waals surface area contributed by atoms with Crippen LogP contribution in [0.2, 0.25) is 5.02 Å². The summed E-state index contributed by atoms with van der Waals surface area (Å²) in [5.74, 6) is -0.904. The topological polar surface area (TPSA) is 49.6 Å². The molecule has 1 aliphatic rings. The molecule has 0 bridgehead atoms. The van der Waals surface area contributed by atoms with Crippen molar-refractivity contribution in [2.45, 2.75) is 13.0 Å². The Morgan fingerprint density at radius 2 is 2.00 bits per heavy atom. The highest BCUT2D eigenvalue weighted by Crippen LogP contribution is 2.17. The lowest BCUT2D eigenvalue weighted by molar-refractivity contribution is 0.0617. The van der Waals surface area contributed by atoms with Crippen molar-refractivity contribution in [3.05, 3.63) is 34.6 Å². The van der Waals surface area contributed by atoms with E-state index in [4.69, 9.17) is 29.6 Å². The minimum absolute atomic E-state index is 0.00419. The van der Waals surface area contributed by atoms with Gasteiger partial charge in [0.25, 0.3) is 5.91 Å². The smallest absolute Gasteiger partial charge is 0.256 e. The molecule has 1 aromatic rings. The fourth-order valence-electron chi connectivity index (χ4n) is 2.33. The number of carbonyl (C=O) groups is 1. The van der Waals surface area contributed by atoms with E-state index in [0.717, 1.165) is 6.07 Å². The van der Waals surface area contributed by atoms with E-state index in [-0.39, 0.29) is 22.5 Å². The summed E-state index contributed by atoms with van der Waals surface area (Å²) in [6, 6.07) is 4.09. The highest BCUT2D eigenvalue weighted by atomic mass is 35.5. The highest BCUT2D eigenvalue weighted by molar-refractivity contribution is 7.80. The number of piperazine rings is 1. The Morgan fingerprint density at radius 3 is 2.52 bits per heavy atom. The molecule has 0 radical (unpaired) electrons. The van der Waals surface area contributed by atoms with E-state index in [0.29, 0.717) is 31.2 Å². The molecule has 1 saturated heterocycles. The summed E-state index contributed by atoms with van der Waals surface area (Å²) in [5, 5.41) is 0.277. The van der Waals surface area contributed by atoms with Gasteiger partial charge < -0.3 is 10.6 Å². The van der Waals surface area contributed by atoms with Crippen LogP contribution in [-0.4, -0.2) is 52.9 Å². The van der Waals surface area contributed by atoms with Gasteiger partial charge >= 0.3 is 0 Å². The molecule has 0 aliphatic carbocycles. The van der Waals surface area contributed by atoms with Crippen LogP contribution in [0.25, 0.3) is 0 Å². The summed E-state index contributed by atoms with van der Waals surface area (Å²) < 4.78 is 13.8. The molecule has 2 rings (SSSR count). The fraction of sp³-hybridized carbons (Fsp3) is 0.429. The van der Waals surface area contributed by atoms with Gasteiger partial charge in [-0.1, -0.05) is 23.8 Å². The Balaban J connectivity index is 2.02. The van der Waals surface area contributed by atoms with E-state index < -0.39 is 5.82 Å². The molecular formula is C14H17ClFN3OS. The van der Waals surface area contributed by atoms with E-state index in [1.807, 2.05) is 6.92 Å². The molecule has 0 saturated carbocycles. The van der Waals surface area contributed by atoms with E-state index >= 15 is 0 Å². The molecule has 1 aliphatic heterocycles. The SMILES string of the molecule is CC(C(N)=S)N1CCN(C(=O)c2ccc(Cl)cc2F)CC1. The van der Waals surface area contributed by atoms with Crippen LogP contribution >= 0.6 is 23.8 Å². The van der Waals surface area contributed by atoms with Crippen molar-refractivity contribution in [3.63, 3.8) is 0 Å². The first kappa shape index (κ1) is 16.1. The van der Waals surface area contributed by atoms with Gasteiger partial charge in [0, 0.05) is 31.2 Å². The van der Waals surface area contributed by atoms with Crippen molar-refractivity contribution >= 4 is 34.7 Å². The molecule has 0 spiro atoms. The third-order valence-electron chi connectivity index (χ3n) is 3.72. The molecule has 1 aromatic carbocycles. The van der Waals surface area contributed by atoms with Crippen LogP contribution in [0.1, 0.15) is 17.3 Å². The number of nitrogens with zero attached hydrogens (tertiary/aromatic N) is 2. The Labute approximate surface area is 133 Å². The van der Waals surface area contributed by atoms with Crippen LogP contribution in [0.3, 0.4) is 0 Å². The third-order valence-corrected chi connectivity index (χ3v) is 4.30. The molecular weight excluding hydrogens is 313 g/mol. The monoisotopic (exact) mass is 329 g/mol. The molecule has 1 amide bonds. The summed E-state index contributed by atoms with van der Waals surface area (Å²) in [5.41, 5.74) is 5.68. The lowest BCUT2D eigenvalue weighted by atomic mass is 10.1. The molecule has 2 N–H and O–H groups in total. The first-order valence-corrected chi connectivity index (χ1v) is 7.46. The minimum Gasteiger partial charge on any atom is -0.392 e.